The van der Waals surface area contributed by atoms with Crippen molar-refractivity contribution < 1.29 is 14.3 Å². The van der Waals surface area contributed by atoms with Crippen molar-refractivity contribution in [2.24, 2.45) is 0 Å². The van der Waals surface area contributed by atoms with Gasteiger partial charge in [-0.15, -0.1) is 0 Å². The average molecular weight is 459 g/mol. The standard InChI is InChI=1S/C24H24Cl2N2O3/c1-2-27(14-16-7-4-3-5-8-16)22-21(19-11-10-17(25)13-20(19)26)23(29)28(24(22)30)15-18-9-6-12-31-18/h3-5,7-8,10-11,13,18H,2,6,9,12,14-15H2,1H3. The molecule has 0 aromatic heterocycles. The molecule has 2 aliphatic heterocycles. The Morgan fingerprint density at radius 1 is 1.10 bits per heavy atom. The lowest BCUT2D eigenvalue weighted by molar-refractivity contribution is -0.139. The third-order valence-corrected chi connectivity index (χ3v) is 6.22. The Kier molecular flexibility index (Phi) is 6.65. The molecular formula is C24H24Cl2N2O3. The van der Waals surface area contributed by atoms with Crippen molar-refractivity contribution in [3.05, 3.63) is 75.4 Å². The minimum absolute atomic E-state index is 0.126. The largest absolute Gasteiger partial charge is 0.376 e. The molecular weight excluding hydrogens is 435 g/mol. The molecule has 0 N–H and O–H groups in total. The summed E-state index contributed by atoms with van der Waals surface area (Å²) in [4.78, 5) is 30.3. The van der Waals surface area contributed by atoms with Gasteiger partial charge < -0.3 is 9.64 Å². The van der Waals surface area contributed by atoms with E-state index in [1.54, 1.807) is 18.2 Å². The molecule has 7 heteroatoms. The topological polar surface area (TPSA) is 49.9 Å². The second-order valence-electron chi connectivity index (χ2n) is 7.70. The number of hydrogen-bond acceptors (Lipinski definition) is 4. The summed E-state index contributed by atoms with van der Waals surface area (Å²) in [6, 6.07) is 14.9. The van der Waals surface area contributed by atoms with Crippen LogP contribution in [0.5, 0.6) is 0 Å². The van der Waals surface area contributed by atoms with E-state index in [1.807, 2.05) is 42.2 Å². The van der Waals surface area contributed by atoms with Crippen molar-refractivity contribution in [2.75, 3.05) is 19.7 Å². The normalized spacial score (nSPS) is 18.9. The number of ether oxygens (including phenoxy) is 1. The number of carbonyl (C=O) groups excluding carboxylic acids is 2. The van der Waals surface area contributed by atoms with Crippen LogP contribution in [0.15, 0.2) is 54.2 Å². The quantitative estimate of drug-likeness (QED) is 0.560. The van der Waals surface area contributed by atoms with Gasteiger partial charge >= 0.3 is 0 Å². The molecule has 2 amide bonds. The number of benzene rings is 2. The van der Waals surface area contributed by atoms with Crippen LogP contribution in [0.3, 0.4) is 0 Å². The van der Waals surface area contributed by atoms with Gasteiger partial charge in [0, 0.05) is 30.3 Å². The Balaban J connectivity index is 1.76. The van der Waals surface area contributed by atoms with E-state index in [0.717, 1.165) is 18.4 Å². The molecule has 1 saturated heterocycles. The van der Waals surface area contributed by atoms with Gasteiger partial charge in [0.25, 0.3) is 11.8 Å². The fourth-order valence-corrected chi connectivity index (χ4v) is 4.61. The highest BCUT2D eigenvalue weighted by atomic mass is 35.5. The number of nitrogens with zero attached hydrogens (tertiary/aromatic N) is 2. The Bertz CT molecular complexity index is 1020. The molecule has 2 aliphatic rings. The van der Waals surface area contributed by atoms with Gasteiger partial charge in [-0.3, -0.25) is 14.5 Å². The first-order valence-electron chi connectivity index (χ1n) is 10.5. The van der Waals surface area contributed by atoms with Crippen LogP contribution in [0, 0.1) is 0 Å². The number of imide groups is 1. The van der Waals surface area contributed by atoms with Crippen LogP contribution >= 0.6 is 23.2 Å². The molecule has 4 rings (SSSR count). The van der Waals surface area contributed by atoms with E-state index < -0.39 is 0 Å². The van der Waals surface area contributed by atoms with Crippen LogP contribution in [0.1, 0.15) is 30.9 Å². The monoisotopic (exact) mass is 458 g/mol. The highest BCUT2D eigenvalue weighted by Gasteiger charge is 2.43. The van der Waals surface area contributed by atoms with Crippen LogP contribution in [0.2, 0.25) is 10.0 Å². The highest BCUT2D eigenvalue weighted by Crippen LogP contribution is 2.37. The molecule has 5 nitrogen and oxygen atoms in total. The predicted octanol–water partition coefficient (Wildman–Crippen LogP) is 4.77. The zero-order chi connectivity index (χ0) is 22.0. The lowest BCUT2D eigenvalue weighted by Gasteiger charge is -2.25. The molecule has 0 spiro atoms. The van der Waals surface area contributed by atoms with Crippen molar-refractivity contribution in [1.29, 1.82) is 0 Å². The Morgan fingerprint density at radius 3 is 2.52 bits per heavy atom. The van der Waals surface area contributed by atoms with Crippen molar-refractivity contribution in [2.45, 2.75) is 32.4 Å². The number of rotatable bonds is 7. The summed E-state index contributed by atoms with van der Waals surface area (Å²) < 4.78 is 5.69. The molecule has 0 radical (unpaired) electrons. The number of amides is 2. The summed E-state index contributed by atoms with van der Waals surface area (Å²) in [5, 5.41) is 0.816. The van der Waals surface area contributed by atoms with E-state index >= 15 is 0 Å². The SMILES string of the molecule is CCN(Cc1ccccc1)C1=C(c2ccc(Cl)cc2Cl)C(=O)N(CC2CCCO2)C1=O. The predicted molar refractivity (Wildman–Crippen MR) is 122 cm³/mol. The second kappa shape index (κ2) is 9.43. The van der Waals surface area contributed by atoms with Gasteiger partial charge in [0.2, 0.25) is 0 Å². The van der Waals surface area contributed by atoms with E-state index in [0.29, 0.717) is 46.6 Å². The molecule has 1 unspecified atom stereocenters. The van der Waals surface area contributed by atoms with Gasteiger partial charge in [0.1, 0.15) is 5.70 Å². The van der Waals surface area contributed by atoms with Gasteiger partial charge in [-0.05, 0) is 37.5 Å². The van der Waals surface area contributed by atoms with E-state index in [9.17, 15) is 9.59 Å². The zero-order valence-corrected chi connectivity index (χ0v) is 18.8. The third kappa shape index (κ3) is 4.49. The zero-order valence-electron chi connectivity index (χ0n) is 17.3. The minimum atomic E-state index is -0.341. The fraction of sp³-hybridized carbons (Fsp3) is 0.333. The molecule has 2 aromatic carbocycles. The molecule has 1 fully saturated rings. The van der Waals surface area contributed by atoms with Crippen LogP contribution in [-0.4, -0.2) is 47.4 Å². The van der Waals surface area contributed by atoms with Gasteiger partial charge in [-0.25, -0.2) is 0 Å². The Hall–Kier alpha value is -2.34. The minimum Gasteiger partial charge on any atom is -0.376 e. The second-order valence-corrected chi connectivity index (χ2v) is 8.55. The van der Waals surface area contributed by atoms with Crippen LogP contribution < -0.4 is 0 Å². The first kappa shape index (κ1) is 21.9. The fourth-order valence-electron chi connectivity index (χ4n) is 4.10. The maximum absolute atomic E-state index is 13.5. The van der Waals surface area contributed by atoms with Crippen molar-refractivity contribution in [3.8, 4) is 0 Å². The lowest BCUT2D eigenvalue weighted by atomic mass is 10.0. The molecule has 2 heterocycles. The van der Waals surface area contributed by atoms with Gasteiger partial charge in [-0.2, -0.15) is 0 Å². The smallest absolute Gasteiger partial charge is 0.277 e. The van der Waals surface area contributed by atoms with E-state index in [2.05, 4.69) is 0 Å². The summed E-state index contributed by atoms with van der Waals surface area (Å²) in [5.74, 6) is -0.648. The maximum atomic E-state index is 13.5. The number of likely N-dealkylation sites (N-methyl/N-ethyl adjacent to an activating group) is 1. The number of hydrogen-bond donors (Lipinski definition) is 0. The van der Waals surface area contributed by atoms with Gasteiger partial charge in [-0.1, -0.05) is 59.6 Å². The molecule has 1 atom stereocenters. The number of carbonyl (C=O) groups is 2. The van der Waals surface area contributed by atoms with Crippen molar-refractivity contribution >= 4 is 40.6 Å². The lowest BCUT2D eigenvalue weighted by Crippen LogP contribution is -2.39. The maximum Gasteiger partial charge on any atom is 0.277 e. The molecule has 0 aliphatic carbocycles. The van der Waals surface area contributed by atoms with E-state index in [-0.39, 0.29) is 24.5 Å². The van der Waals surface area contributed by atoms with Crippen LogP contribution in [0.4, 0.5) is 0 Å². The molecule has 2 aromatic rings. The Morgan fingerprint density at radius 2 is 1.87 bits per heavy atom. The summed E-state index contributed by atoms with van der Waals surface area (Å²) in [7, 11) is 0. The van der Waals surface area contributed by atoms with Crippen molar-refractivity contribution in [3.63, 3.8) is 0 Å². The van der Waals surface area contributed by atoms with Gasteiger partial charge in [0.05, 0.1) is 23.2 Å². The van der Waals surface area contributed by atoms with E-state index in [4.69, 9.17) is 27.9 Å². The first-order valence-corrected chi connectivity index (χ1v) is 11.2. The van der Waals surface area contributed by atoms with E-state index in [1.165, 1.54) is 4.90 Å². The molecule has 0 bridgehead atoms. The van der Waals surface area contributed by atoms with Gasteiger partial charge in [0.15, 0.2) is 0 Å². The Labute approximate surface area is 192 Å². The van der Waals surface area contributed by atoms with Crippen molar-refractivity contribution in [1.82, 2.24) is 9.80 Å². The summed E-state index contributed by atoms with van der Waals surface area (Å²) >= 11 is 12.5. The molecule has 31 heavy (non-hydrogen) atoms. The summed E-state index contributed by atoms with van der Waals surface area (Å²) in [6.45, 7) is 3.95. The highest BCUT2D eigenvalue weighted by molar-refractivity contribution is 6.41. The average Bonchev–Trinajstić information content (AvgIpc) is 3.36. The summed E-state index contributed by atoms with van der Waals surface area (Å²) in [5.41, 5.74) is 2.26. The number of halogens is 2. The summed E-state index contributed by atoms with van der Waals surface area (Å²) in [6.07, 6.45) is 1.65. The van der Waals surface area contributed by atoms with Crippen LogP contribution in [0.25, 0.3) is 5.57 Å². The molecule has 162 valence electrons. The third-order valence-electron chi connectivity index (χ3n) is 5.67. The molecule has 0 saturated carbocycles. The first-order chi connectivity index (χ1) is 15.0. The van der Waals surface area contributed by atoms with Crippen LogP contribution in [-0.2, 0) is 20.9 Å².